The maximum Gasteiger partial charge on any atom is 0.224 e. The summed E-state index contributed by atoms with van der Waals surface area (Å²) in [6.07, 6.45) is 3.93. The van der Waals surface area contributed by atoms with Crippen LogP contribution in [0.1, 0.15) is 33.1 Å². The number of carbonyl (C=O) groups is 1. The first kappa shape index (κ1) is 12.5. The predicted octanol–water partition coefficient (Wildman–Crippen LogP) is 1.39. The van der Waals surface area contributed by atoms with Gasteiger partial charge < -0.3 is 10.6 Å². The second kappa shape index (κ2) is 6.11. The van der Waals surface area contributed by atoms with E-state index >= 15 is 0 Å². The summed E-state index contributed by atoms with van der Waals surface area (Å²) in [5.74, 6) is 1.75. The molecule has 0 spiro atoms. The van der Waals surface area contributed by atoms with Crippen molar-refractivity contribution >= 4 is 5.91 Å². The van der Waals surface area contributed by atoms with Crippen molar-refractivity contribution in [3.05, 3.63) is 0 Å². The molecule has 0 aromatic rings. The van der Waals surface area contributed by atoms with Crippen molar-refractivity contribution in [1.82, 2.24) is 10.6 Å². The lowest BCUT2D eigenvalue weighted by atomic mass is 9.98. The van der Waals surface area contributed by atoms with E-state index in [1.165, 1.54) is 19.3 Å². The Kier molecular flexibility index (Phi) is 5.09. The van der Waals surface area contributed by atoms with E-state index in [9.17, 15) is 4.79 Å². The smallest absolute Gasteiger partial charge is 0.224 e. The highest BCUT2D eigenvalue weighted by molar-refractivity contribution is 5.78. The molecule has 1 fully saturated rings. The van der Waals surface area contributed by atoms with Gasteiger partial charge in [0.15, 0.2) is 0 Å². The Morgan fingerprint density at radius 1 is 1.47 bits per heavy atom. The van der Waals surface area contributed by atoms with Crippen molar-refractivity contribution in [1.29, 1.82) is 0 Å². The maximum absolute atomic E-state index is 11.6. The molecule has 0 bridgehead atoms. The molecule has 3 atom stereocenters. The van der Waals surface area contributed by atoms with Crippen LogP contribution in [0, 0.1) is 17.8 Å². The second-order valence-corrected chi connectivity index (χ2v) is 4.87. The van der Waals surface area contributed by atoms with Gasteiger partial charge in [0.1, 0.15) is 0 Å². The lowest BCUT2D eigenvalue weighted by Crippen LogP contribution is -2.37. The standard InChI is InChI=1S/C12H24N2O/c1-9-5-4-6-11(9)8-14-12(15)10(2)7-13-3/h9-11,13H,4-8H2,1-3H3,(H,14,15). The first-order valence-electron chi connectivity index (χ1n) is 6.07. The first-order chi connectivity index (χ1) is 7.15. The van der Waals surface area contributed by atoms with Crippen LogP contribution in [-0.2, 0) is 4.79 Å². The van der Waals surface area contributed by atoms with E-state index in [4.69, 9.17) is 0 Å². The summed E-state index contributed by atoms with van der Waals surface area (Å²) in [4.78, 5) is 11.6. The van der Waals surface area contributed by atoms with E-state index in [0.29, 0.717) is 5.92 Å². The number of hydrogen-bond acceptors (Lipinski definition) is 2. The Hall–Kier alpha value is -0.570. The highest BCUT2D eigenvalue weighted by atomic mass is 16.1. The van der Waals surface area contributed by atoms with E-state index in [0.717, 1.165) is 19.0 Å². The molecular weight excluding hydrogens is 188 g/mol. The zero-order valence-corrected chi connectivity index (χ0v) is 10.2. The molecule has 3 unspecified atom stereocenters. The Labute approximate surface area is 93.0 Å². The zero-order valence-electron chi connectivity index (χ0n) is 10.2. The van der Waals surface area contributed by atoms with Crippen LogP contribution in [0.3, 0.4) is 0 Å². The number of nitrogens with one attached hydrogen (secondary N) is 2. The van der Waals surface area contributed by atoms with Crippen molar-refractivity contribution in [3.63, 3.8) is 0 Å². The largest absolute Gasteiger partial charge is 0.356 e. The molecule has 0 aromatic carbocycles. The molecule has 1 amide bonds. The minimum absolute atomic E-state index is 0.0757. The highest BCUT2D eigenvalue weighted by Gasteiger charge is 2.24. The highest BCUT2D eigenvalue weighted by Crippen LogP contribution is 2.30. The van der Waals surface area contributed by atoms with E-state index in [1.54, 1.807) is 0 Å². The topological polar surface area (TPSA) is 41.1 Å². The molecule has 3 heteroatoms. The fourth-order valence-electron chi connectivity index (χ4n) is 2.33. The van der Waals surface area contributed by atoms with Crippen LogP contribution in [-0.4, -0.2) is 26.0 Å². The molecular formula is C12H24N2O. The molecule has 0 heterocycles. The van der Waals surface area contributed by atoms with Crippen LogP contribution in [0.2, 0.25) is 0 Å². The lowest BCUT2D eigenvalue weighted by molar-refractivity contribution is -0.124. The molecule has 3 nitrogen and oxygen atoms in total. The van der Waals surface area contributed by atoms with Crippen molar-refractivity contribution in [3.8, 4) is 0 Å². The van der Waals surface area contributed by atoms with Crippen molar-refractivity contribution in [2.45, 2.75) is 33.1 Å². The van der Waals surface area contributed by atoms with Gasteiger partial charge >= 0.3 is 0 Å². The molecule has 1 aliphatic carbocycles. The Bertz CT molecular complexity index is 206. The Morgan fingerprint density at radius 2 is 2.20 bits per heavy atom. The quantitative estimate of drug-likeness (QED) is 0.723. The van der Waals surface area contributed by atoms with Crippen molar-refractivity contribution in [2.75, 3.05) is 20.1 Å². The summed E-state index contributed by atoms with van der Waals surface area (Å²) in [5, 5.41) is 6.08. The van der Waals surface area contributed by atoms with E-state index < -0.39 is 0 Å². The molecule has 0 aliphatic heterocycles. The van der Waals surface area contributed by atoms with Gasteiger partial charge in [0.2, 0.25) is 5.91 Å². The molecule has 1 saturated carbocycles. The number of carbonyl (C=O) groups excluding carboxylic acids is 1. The molecule has 0 radical (unpaired) electrons. The number of hydrogen-bond donors (Lipinski definition) is 2. The van der Waals surface area contributed by atoms with Gasteiger partial charge in [0.25, 0.3) is 0 Å². The van der Waals surface area contributed by atoms with E-state index in [2.05, 4.69) is 17.6 Å². The summed E-state index contributed by atoms with van der Waals surface area (Å²) in [6.45, 7) is 5.88. The van der Waals surface area contributed by atoms with Crippen molar-refractivity contribution < 1.29 is 4.79 Å². The van der Waals surface area contributed by atoms with Gasteiger partial charge in [-0.15, -0.1) is 0 Å². The molecule has 1 aliphatic rings. The van der Waals surface area contributed by atoms with Gasteiger partial charge in [-0.2, -0.15) is 0 Å². The molecule has 2 N–H and O–H groups in total. The minimum Gasteiger partial charge on any atom is -0.356 e. The van der Waals surface area contributed by atoms with Gasteiger partial charge in [0.05, 0.1) is 0 Å². The summed E-state index contributed by atoms with van der Waals surface area (Å²) in [7, 11) is 1.88. The first-order valence-corrected chi connectivity index (χ1v) is 6.07. The van der Waals surface area contributed by atoms with Gasteiger partial charge in [-0.25, -0.2) is 0 Å². The maximum atomic E-state index is 11.6. The van der Waals surface area contributed by atoms with E-state index in [1.807, 2.05) is 14.0 Å². The van der Waals surface area contributed by atoms with Crippen LogP contribution in [0.25, 0.3) is 0 Å². The fraction of sp³-hybridized carbons (Fsp3) is 0.917. The predicted molar refractivity (Wildman–Crippen MR) is 62.6 cm³/mol. The average molecular weight is 212 g/mol. The molecule has 88 valence electrons. The third-order valence-electron chi connectivity index (χ3n) is 3.54. The van der Waals surface area contributed by atoms with Crippen molar-refractivity contribution in [2.24, 2.45) is 17.8 Å². The second-order valence-electron chi connectivity index (χ2n) is 4.87. The van der Waals surface area contributed by atoms with Gasteiger partial charge in [-0.1, -0.05) is 26.7 Å². The zero-order chi connectivity index (χ0) is 11.3. The van der Waals surface area contributed by atoms with Gasteiger partial charge in [0, 0.05) is 19.0 Å². The fourth-order valence-corrected chi connectivity index (χ4v) is 2.33. The SMILES string of the molecule is CNCC(C)C(=O)NCC1CCCC1C. The normalized spacial score (nSPS) is 27.7. The molecule has 0 aromatic heterocycles. The van der Waals surface area contributed by atoms with Crippen LogP contribution >= 0.6 is 0 Å². The Balaban J connectivity index is 2.21. The van der Waals surface area contributed by atoms with Crippen LogP contribution in [0.4, 0.5) is 0 Å². The number of rotatable bonds is 5. The van der Waals surface area contributed by atoms with Crippen LogP contribution in [0.15, 0.2) is 0 Å². The third-order valence-corrected chi connectivity index (χ3v) is 3.54. The number of amides is 1. The van der Waals surface area contributed by atoms with Crippen LogP contribution < -0.4 is 10.6 Å². The minimum atomic E-state index is 0.0757. The summed E-state index contributed by atoms with van der Waals surface area (Å²) in [6, 6.07) is 0. The van der Waals surface area contributed by atoms with E-state index in [-0.39, 0.29) is 11.8 Å². The Morgan fingerprint density at radius 3 is 2.73 bits per heavy atom. The lowest BCUT2D eigenvalue weighted by Gasteiger charge is -2.18. The monoisotopic (exact) mass is 212 g/mol. The summed E-state index contributed by atoms with van der Waals surface area (Å²) in [5.41, 5.74) is 0. The van der Waals surface area contributed by atoms with Gasteiger partial charge in [-0.3, -0.25) is 4.79 Å². The molecule has 15 heavy (non-hydrogen) atoms. The average Bonchev–Trinajstić information content (AvgIpc) is 2.61. The van der Waals surface area contributed by atoms with Crippen LogP contribution in [0.5, 0.6) is 0 Å². The summed E-state index contributed by atoms with van der Waals surface area (Å²) >= 11 is 0. The third kappa shape index (κ3) is 3.82. The summed E-state index contributed by atoms with van der Waals surface area (Å²) < 4.78 is 0. The van der Waals surface area contributed by atoms with Gasteiger partial charge in [-0.05, 0) is 25.3 Å². The molecule has 0 saturated heterocycles. The molecule has 1 rings (SSSR count).